The van der Waals surface area contributed by atoms with Crippen LogP contribution >= 0.6 is 0 Å². The van der Waals surface area contributed by atoms with Crippen LogP contribution in [-0.4, -0.2) is 54.9 Å². The molecule has 2 amide bonds. The highest BCUT2D eigenvalue weighted by Gasteiger charge is 2.40. The molecule has 1 aliphatic heterocycles. The van der Waals surface area contributed by atoms with Gasteiger partial charge in [0.1, 0.15) is 0 Å². The molecular weight excluding hydrogens is 562 g/mol. The number of halogens is 6. The smallest absolute Gasteiger partial charge is 0.370 e. The Bertz CT molecular complexity index is 1210. The van der Waals surface area contributed by atoms with E-state index in [4.69, 9.17) is 4.74 Å². The van der Waals surface area contributed by atoms with Crippen molar-refractivity contribution in [2.75, 3.05) is 27.2 Å². The van der Waals surface area contributed by atoms with Gasteiger partial charge >= 0.3 is 12.4 Å². The zero-order valence-electron chi connectivity index (χ0n) is 23.8. The van der Waals surface area contributed by atoms with Gasteiger partial charge in [-0.2, -0.15) is 26.3 Å². The molecule has 2 aromatic carbocycles. The zero-order chi connectivity index (χ0) is 30.8. The predicted octanol–water partition coefficient (Wildman–Crippen LogP) is 7.08. The van der Waals surface area contributed by atoms with Crippen molar-refractivity contribution < 1.29 is 40.7 Å². The Hall–Kier alpha value is -3.08. The van der Waals surface area contributed by atoms with Crippen molar-refractivity contribution in [3.63, 3.8) is 0 Å². The molecule has 3 atom stereocenters. The standard InChI is InChI=1S/C31H36F6N2O3/c1-19(23-15-24(30(32,33)34)17-25(16-23)31(35,36)37)42-27-13-14-39(18-26(27)20-7-5-4-6-8-20)29(41)22-11-9-21(10-12-22)28(40)38(2)3/h4-8,15-17,19,21-22,26-27H,9-14,18H2,1-3H3/t19-,21?,22?,26+,27+/m1/s1. The Kier molecular flexibility index (Phi) is 9.59. The number of carbonyl (C=O) groups excluding carboxylic acids is 2. The quantitative estimate of drug-likeness (QED) is 0.334. The maximum atomic E-state index is 13.5. The predicted molar refractivity (Wildman–Crippen MR) is 144 cm³/mol. The molecule has 0 radical (unpaired) electrons. The molecule has 1 heterocycles. The van der Waals surface area contributed by atoms with Gasteiger partial charge in [-0.15, -0.1) is 0 Å². The van der Waals surface area contributed by atoms with Gasteiger partial charge in [-0.3, -0.25) is 9.59 Å². The summed E-state index contributed by atoms with van der Waals surface area (Å²) in [4.78, 5) is 29.2. The van der Waals surface area contributed by atoms with E-state index in [2.05, 4.69) is 0 Å². The minimum atomic E-state index is -4.95. The third-order valence-corrected chi connectivity index (χ3v) is 8.41. The van der Waals surface area contributed by atoms with Crippen LogP contribution in [0.1, 0.15) is 73.3 Å². The second kappa shape index (κ2) is 12.7. The highest BCUT2D eigenvalue weighted by Crippen LogP contribution is 2.40. The van der Waals surface area contributed by atoms with E-state index in [9.17, 15) is 35.9 Å². The lowest BCUT2D eigenvalue weighted by atomic mass is 9.80. The largest absolute Gasteiger partial charge is 0.416 e. The molecule has 0 N–H and O–H groups in total. The van der Waals surface area contributed by atoms with Gasteiger partial charge < -0.3 is 14.5 Å². The molecule has 1 saturated carbocycles. The average Bonchev–Trinajstić information content (AvgIpc) is 2.96. The van der Waals surface area contributed by atoms with Gasteiger partial charge in [-0.05, 0) is 68.4 Å². The van der Waals surface area contributed by atoms with Crippen LogP contribution in [0.4, 0.5) is 26.3 Å². The van der Waals surface area contributed by atoms with Crippen LogP contribution < -0.4 is 0 Å². The first-order chi connectivity index (χ1) is 19.6. The molecule has 4 rings (SSSR count). The first-order valence-electron chi connectivity index (χ1n) is 14.1. The van der Waals surface area contributed by atoms with Crippen molar-refractivity contribution in [3.05, 3.63) is 70.8 Å². The first-order valence-corrected chi connectivity index (χ1v) is 14.1. The summed E-state index contributed by atoms with van der Waals surface area (Å²) in [5.41, 5.74) is -2.12. The molecule has 0 aromatic heterocycles. The van der Waals surface area contributed by atoms with Gasteiger partial charge in [0.15, 0.2) is 0 Å². The fourth-order valence-corrected chi connectivity index (χ4v) is 6.08. The monoisotopic (exact) mass is 598 g/mol. The van der Waals surface area contributed by atoms with Crippen molar-refractivity contribution in [2.45, 2.75) is 69.5 Å². The van der Waals surface area contributed by atoms with E-state index < -0.39 is 35.7 Å². The number of benzene rings is 2. The Labute approximate surface area is 241 Å². The number of ether oxygens (including phenoxy) is 1. The molecule has 2 aliphatic rings. The third kappa shape index (κ3) is 7.46. The van der Waals surface area contributed by atoms with E-state index >= 15 is 0 Å². The Morgan fingerprint density at radius 3 is 1.93 bits per heavy atom. The SMILES string of the molecule is C[C@@H](O[C@H]1CCN(C(=O)C2CCC(C(=O)N(C)C)CC2)C[C@H]1c1ccccc1)c1cc(C(F)(F)F)cc(C(F)(F)F)c1. The summed E-state index contributed by atoms with van der Waals surface area (Å²) in [5.74, 6) is -0.539. The van der Waals surface area contributed by atoms with Crippen molar-refractivity contribution in [1.82, 2.24) is 9.80 Å². The maximum absolute atomic E-state index is 13.5. The number of nitrogens with zero attached hydrogens (tertiary/aromatic N) is 2. The topological polar surface area (TPSA) is 49.9 Å². The van der Waals surface area contributed by atoms with Crippen molar-refractivity contribution in [3.8, 4) is 0 Å². The molecule has 0 bridgehead atoms. The number of rotatable bonds is 6. The van der Waals surface area contributed by atoms with Crippen molar-refractivity contribution >= 4 is 11.8 Å². The highest BCUT2D eigenvalue weighted by molar-refractivity contribution is 5.81. The van der Waals surface area contributed by atoms with Gasteiger partial charge in [0.25, 0.3) is 0 Å². The summed E-state index contributed by atoms with van der Waals surface area (Å²) < 4.78 is 86.9. The number of piperidine rings is 1. The molecule has 2 aromatic rings. The third-order valence-electron chi connectivity index (χ3n) is 8.41. The lowest BCUT2D eigenvalue weighted by Gasteiger charge is -2.41. The van der Waals surface area contributed by atoms with Gasteiger partial charge in [-0.25, -0.2) is 0 Å². The minimum absolute atomic E-state index is 0.00544. The van der Waals surface area contributed by atoms with Crippen molar-refractivity contribution in [1.29, 1.82) is 0 Å². The molecule has 0 spiro atoms. The number of hydrogen-bond acceptors (Lipinski definition) is 3. The number of hydrogen-bond donors (Lipinski definition) is 0. The van der Waals surface area contributed by atoms with Crippen LogP contribution in [0.25, 0.3) is 0 Å². The van der Waals surface area contributed by atoms with E-state index in [1.165, 1.54) is 6.92 Å². The lowest BCUT2D eigenvalue weighted by molar-refractivity contribution is -0.143. The Balaban J connectivity index is 1.51. The van der Waals surface area contributed by atoms with Crippen LogP contribution in [0.3, 0.4) is 0 Å². The van der Waals surface area contributed by atoms with E-state index in [-0.39, 0.29) is 41.2 Å². The average molecular weight is 599 g/mol. The summed E-state index contributed by atoms with van der Waals surface area (Å²) in [7, 11) is 3.44. The fraction of sp³-hybridized carbons (Fsp3) is 0.548. The number of carbonyl (C=O) groups is 2. The molecule has 230 valence electrons. The van der Waals surface area contributed by atoms with Crippen molar-refractivity contribution in [2.24, 2.45) is 11.8 Å². The number of amides is 2. The minimum Gasteiger partial charge on any atom is -0.370 e. The first kappa shape index (κ1) is 31.8. The van der Waals surface area contributed by atoms with Gasteiger partial charge in [0.2, 0.25) is 11.8 Å². The number of likely N-dealkylation sites (tertiary alicyclic amines) is 1. The summed E-state index contributed by atoms with van der Waals surface area (Å²) in [6, 6.07) is 10.8. The fourth-order valence-electron chi connectivity index (χ4n) is 6.08. The Morgan fingerprint density at radius 2 is 1.40 bits per heavy atom. The van der Waals surface area contributed by atoms with E-state index in [0.29, 0.717) is 57.3 Å². The summed E-state index contributed by atoms with van der Waals surface area (Å²) >= 11 is 0. The van der Waals surface area contributed by atoms with Crippen LogP contribution in [0.5, 0.6) is 0 Å². The highest BCUT2D eigenvalue weighted by atomic mass is 19.4. The van der Waals surface area contributed by atoms with E-state index in [1.54, 1.807) is 23.9 Å². The second-order valence-corrected chi connectivity index (χ2v) is 11.5. The van der Waals surface area contributed by atoms with Crippen LogP contribution in [0, 0.1) is 11.8 Å². The van der Waals surface area contributed by atoms with E-state index in [1.807, 2.05) is 30.3 Å². The maximum Gasteiger partial charge on any atom is 0.416 e. The Morgan fingerprint density at radius 1 is 0.857 bits per heavy atom. The molecule has 42 heavy (non-hydrogen) atoms. The van der Waals surface area contributed by atoms with Gasteiger partial charge in [0, 0.05) is 44.9 Å². The molecule has 2 fully saturated rings. The van der Waals surface area contributed by atoms with Crippen LogP contribution in [-0.2, 0) is 26.7 Å². The second-order valence-electron chi connectivity index (χ2n) is 11.5. The van der Waals surface area contributed by atoms with Gasteiger partial charge in [-0.1, -0.05) is 30.3 Å². The summed E-state index contributed by atoms with van der Waals surface area (Å²) in [6.45, 7) is 2.11. The van der Waals surface area contributed by atoms with Gasteiger partial charge in [0.05, 0.1) is 23.3 Å². The molecule has 1 saturated heterocycles. The molecule has 11 heteroatoms. The summed E-state index contributed by atoms with van der Waals surface area (Å²) in [6.07, 6.45) is -8.62. The molecule has 5 nitrogen and oxygen atoms in total. The molecule has 0 unspecified atom stereocenters. The molecule has 1 aliphatic carbocycles. The normalized spacial score (nSPS) is 24.3. The summed E-state index contributed by atoms with van der Waals surface area (Å²) in [5, 5.41) is 0. The van der Waals surface area contributed by atoms with E-state index in [0.717, 1.165) is 5.56 Å². The zero-order valence-corrected chi connectivity index (χ0v) is 23.8. The molecular formula is C31H36F6N2O3. The lowest BCUT2D eigenvalue weighted by Crippen LogP contribution is -2.48. The number of alkyl halides is 6. The van der Waals surface area contributed by atoms with Crippen LogP contribution in [0.2, 0.25) is 0 Å². The van der Waals surface area contributed by atoms with Crippen LogP contribution in [0.15, 0.2) is 48.5 Å².